The van der Waals surface area contributed by atoms with Gasteiger partial charge in [0.05, 0.1) is 23.3 Å². The first-order valence-electron chi connectivity index (χ1n) is 6.30. The van der Waals surface area contributed by atoms with Gasteiger partial charge in [0, 0.05) is 5.56 Å². The molecular formula is C14H13FN6. The summed E-state index contributed by atoms with van der Waals surface area (Å²) in [6.45, 7) is 3.80. The number of aryl methyl sites for hydroxylation is 2. The molecule has 106 valence electrons. The largest absolute Gasteiger partial charge is 0.397 e. The minimum atomic E-state index is -0.638. The summed E-state index contributed by atoms with van der Waals surface area (Å²) in [5.41, 5.74) is 16.3. The molecule has 0 saturated carbocycles. The first kappa shape index (κ1) is 13.2. The lowest BCUT2D eigenvalue weighted by molar-refractivity contribution is 0.628. The van der Waals surface area contributed by atoms with Crippen LogP contribution < -0.4 is 5.73 Å². The van der Waals surface area contributed by atoms with Gasteiger partial charge in [-0.2, -0.15) is 10.2 Å². The molecule has 0 aliphatic rings. The molecule has 0 unspecified atom stereocenters. The van der Waals surface area contributed by atoms with Crippen molar-refractivity contribution < 1.29 is 4.39 Å². The van der Waals surface area contributed by atoms with Crippen molar-refractivity contribution >= 4 is 17.0 Å². The number of nitrogens with two attached hydrogens (primary N) is 1. The molecule has 3 rings (SSSR count). The molecule has 0 aliphatic carbocycles. The molecule has 21 heavy (non-hydrogen) atoms. The Balaban J connectivity index is 2.23. The van der Waals surface area contributed by atoms with E-state index in [2.05, 4.69) is 15.2 Å². The van der Waals surface area contributed by atoms with E-state index in [1.807, 2.05) is 19.9 Å². The number of halogens is 1. The smallest absolute Gasteiger partial charge is 0.156 e. The minimum Gasteiger partial charge on any atom is -0.397 e. The van der Waals surface area contributed by atoms with E-state index >= 15 is 0 Å². The van der Waals surface area contributed by atoms with Gasteiger partial charge in [-0.15, -0.1) is 0 Å². The molecule has 3 N–H and O–H groups in total. The number of imidazole rings is 1. The summed E-state index contributed by atoms with van der Waals surface area (Å²) in [5.74, 6) is -0.638. The zero-order chi connectivity index (χ0) is 15.1. The van der Waals surface area contributed by atoms with Crippen molar-refractivity contribution in [1.29, 1.82) is 5.53 Å². The number of nitrogens with zero attached hydrogens (tertiary/aromatic N) is 4. The van der Waals surface area contributed by atoms with Crippen molar-refractivity contribution in [3.05, 3.63) is 41.5 Å². The van der Waals surface area contributed by atoms with Crippen molar-refractivity contribution in [3.8, 4) is 11.3 Å². The molecule has 0 amide bonds. The molecule has 3 aromatic rings. The van der Waals surface area contributed by atoms with Crippen molar-refractivity contribution in [2.24, 2.45) is 5.11 Å². The highest BCUT2D eigenvalue weighted by molar-refractivity contribution is 5.73. The van der Waals surface area contributed by atoms with Crippen LogP contribution in [0.3, 0.4) is 0 Å². The molecule has 0 atom stereocenters. The van der Waals surface area contributed by atoms with Crippen molar-refractivity contribution in [1.82, 2.24) is 14.6 Å². The molecule has 7 heteroatoms. The first-order valence-corrected chi connectivity index (χ1v) is 6.30. The number of rotatable bonds is 2. The van der Waals surface area contributed by atoms with Crippen LogP contribution in [0.15, 0.2) is 29.5 Å². The monoisotopic (exact) mass is 284 g/mol. The van der Waals surface area contributed by atoms with Gasteiger partial charge in [-0.05, 0) is 37.6 Å². The van der Waals surface area contributed by atoms with Gasteiger partial charge in [0.25, 0.3) is 0 Å². The Morgan fingerprint density at radius 2 is 2.05 bits per heavy atom. The molecule has 0 fully saturated rings. The summed E-state index contributed by atoms with van der Waals surface area (Å²) in [4.78, 5) is 4.37. The average Bonchev–Trinajstić information content (AvgIpc) is 2.79. The maximum atomic E-state index is 13.9. The summed E-state index contributed by atoms with van der Waals surface area (Å²) in [6.07, 6.45) is 1.80. The fourth-order valence-electron chi connectivity index (χ4n) is 2.27. The minimum absolute atomic E-state index is 0.112. The Hall–Kier alpha value is -2.83. The van der Waals surface area contributed by atoms with Crippen LogP contribution in [-0.4, -0.2) is 14.6 Å². The lowest BCUT2D eigenvalue weighted by Gasteiger charge is -2.07. The maximum Gasteiger partial charge on any atom is 0.156 e. The van der Waals surface area contributed by atoms with Crippen LogP contribution in [0.4, 0.5) is 15.8 Å². The number of aromatic nitrogens is 3. The maximum absolute atomic E-state index is 13.9. The molecule has 2 aromatic heterocycles. The standard InChI is InChI=1S/C14H13FN6/c1-7-3-12(20-21-6-8(2)18-14(7)21)9-4-10(15)13(19-17)11(16)5-9/h3-6,17H,16H2,1-2H3. The Kier molecular flexibility index (Phi) is 2.90. The van der Waals surface area contributed by atoms with Gasteiger partial charge in [-0.1, -0.05) is 0 Å². The number of benzene rings is 1. The third-order valence-electron chi connectivity index (χ3n) is 3.23. The second-order valence-corrected chi connectivity index (χ2v) is 4.87. The van der Waals surface area contributed by atoms with E-state index < -0.39 is 5.82 Å². The first-order chi connectivity index (χ1) is 9.99. The van der Waals surface area contributed by atoms with E-state index in [4.69, 9.17) is 11.3 Å². The van der Waals surface area contributed by atoms with Gasteiger partial charge in [-0.3, -0.25) is 0 Å². The predicted molar refractivity (Wildman–Crippen MR) is 77.1 cm³/mol. The van der Waals surface area contributed by atoms with E-state index in [-0.39, 0.29) is 11.4 Å². The van der Waals surface area contributed by atoms with E-state index in [0.29, 0.717) is 11.3 Å². The molecule has 1 aromatic carbocycles. The fourth-order valence-corrected chi connectivity index (χ4v) is 2.27. The number of nitrogens with one attached hydrogen (secondary N) is 1. The van der Waals surface area contributed by atoms with E-state index in [0.717, 1.165) is 16.9 Å². The van der Waals surface area contributed by atoms with Crippen molar-refractivity contribution in [2.45, 2.75) is 13.8 Å². The number of nitrogen functional groups attached to an aromatic ring is 1. The van der Waals surface area contributed by atoms with Crippen LogP contribution in [0.2, 0.25) is 0 Å². The normalized spacial score (nSPS) is 11.0. The van der Waals surface area contributed by atoms with Crippen LogP contribution in [0.1, 0.15) is 11.3 Å². The van der Waals surface area contributed by atoms with E-state index in [1.165, 1.54) is 6.07 Å². The van der Waals surface area contributed by atoms with Gasteiger partial charge >= 0.3 is 0 Å². The predicted octanol–water partition coefficient (Wildman–Crippen LogP) is 3.40. The van der Waals surface area contributed by atoms with Crippen LogP contribution in [-0.2, 0) is 0 Å². The molecule has 0 radical (unpaired) electrons. The number of hydrogen-bond acceptors (Lipinski definition) is 5. The Labute approximate surface area is 119 Å². The third kappa shape index (κ3) is 2.12. The van der Waals surface area contributed by atoms with Crippen LogP contribution >= 0.6 is 0 Å². The third-order valence-corrected chi connectivity index (χ3v) is 3.23. The Morgan fingerprint density at radius 1 is 1.29 bits per heavy atom. The van der Waals surface area contributed by atoms with E-state index in [9.17, 15) is 4.39 Å². The number of fused-ring (bicyclic) bond motifs is 1. The molecule has 0 aliphatic heterocycles. The summed E-state index contributed by atoms with van der Waals surface area (Å²) in [5, 5.41) is 7.51. The van der Waals surface area contributed by atoms with Crippen molar-refractivity contribution in [2.75, 3.05) is 5.73 Å². The summed E-state index contributed by atoms with van der Waals surface area (Å²) < 4.78 is 15.5. The average molecular weight is 284 g/mol. The van der Waals surface area contributed by atoms with Crippen LogP contribution in [0.25, 0.3) is 16.9 Å². The molecule has 0 bridgehead atoms. The van der Waals surface area contributed by atoms with Crippen LogP contribution in [0.5, 0.6) is 0 Å². The van der Waals surface area contributed by atoms with Crippen LogP contribution in [0, 0.1) is 25.2 Å². The second-order valence-electron chi connectivity index (χ2n) is 4.87. The number of hydrogen-bond donors (Lipinski definition) is 2. The Morgan fingerprint density at radius 3 is 2.71 bits per heavy atom. The molecule has 2 heterocycles. The lowest BCUT2D eigenvalue weighted by Crippen LogP contribution is -1.98. The van der Waals surface area contributed by atoms with Crippen molar-refractivity contribution in [3.63, 3.8) is 0 Å². The quantitative estimate of drug-likeness (QED) is 0.558. The zero-order valence-corrected chi connectivity index (χ0v) is 11.6. The highest BCUT2D eigenvalue weighted by Crippen LogP contribution is 2.31. The van der Waals surface area contributed by atoms with Gasteiger partial charge < -0.3 is 5.73 Å². The second kappa shape index (κ2) is 4.62. The van der Waals surface area contributed by atoms with Gasteiger partial charge in [-0.25, -0.2) is 19.4 Å². The van der Waals surface area contributed by atoms with E-state index in [1.54, 1.807) is 16.8 Å². The highest BCUT2D eigenvalue weighted by atomic mass is 19.1. The summed E-state index contributed by atoms with van der Waals surface area (Å²) >= 11 is 0. The Bertz CT molecular complexity index is 844. The molecule has 0 spiro atoms. The summed E-state index contributed by atoms with van der Waals surface area (Å²) in [6, 6.07) is 4.67. The highest BCUT2D eigenvalue weighted by Gasteiger charge is 2.12. The zero-order valence-electron chi connectivity index (χ0n) is 11.6. The molecule has 6 nitrogen and oxygen atoms in total. The SMILES string of the molecule is Cc1cn2nc(-c3cc(N)c(N=N)c(F)c3)cc(C)c2n1. The van der Waals surface area contributed by atoms with Gasteiger partial charge in [0.1, 0.15) is 5.69 Å². The van der Waals surface area contributed by atoms with Gasteiger partial charge in [0.2, 0.25) is 0 Å². The number of anilines is 1. The molecular weight excluding hydrogens is 271 g/mol. The fraction of sp³-hybridized carbons (Fsp3) is 0.143. The topological polar surface area (TPSA) is 92.4 Å². The molecule has 0 saturated heterocycles. The lowest BCUT2D eigenvalue weighted by atomic mass is 10.1. The van der Waals surface area contributed by atoms with Gasteiger partial charge in [0.15, 0.2) is 11.5 Å². The summed E-state index contributed by atoms with van der Waals surface area (Å²) in [7, 11) is 0.